The molecule has 452 valence electrons. The Balaban J connectivity index is 5.21. The second kappa shape index (κ2) is 63.1. The topological polar surface area (TPSA) is 0 Å². The lowest BCUT2D eigenvalue weighted by molar-refractivity contribution is -0.973. The summed E-state index contributed by atoms with van der Waals surface area (Å²) in [7, 11) is 0. The van der Waals surface area contributed by atoms with E-state index in [4.69, 9.17) is 0 Å². The molecule has 1 heteroatoms. The molecule has 0 N–H and O–H groups in total. The largest absolute Gasteiger partial charge is 0.319 e. The van der Waals surface area contributed by atoms with E-state index in [1.807, 2.05) is 0 Å². The normalized spacial score (nSPS) is 12.2. The second-order valence-electron chi connectivity index (χ2n) is 26.7. The number of rotatable bonds is 68. The maximum Gasteiger partial charge on any atom is 0.0935 e. The van der Waals surface area contributed by atoms with Gasteiger partial charge in [0.25, 0.3) is 0 Å². The Hall–Kier alpha value is -0.0400. The number of hydrogen-bond acceptors (Lipinski definition) is 0. The smallest absolute Gasteiger partial charge is 0.0935 e. The number of nitrogens with zero attached hydrogens (tertiary/aromatic N) is 1. The number of unbranched alkanes of at least 4 members (excludes halogenated alkanes) is 59. The Labute approximate surface area is 479 Å². The molecule has 0 saturated carbocycles. The van der Waals surface area contributed by atoms with Gasteiger partial charge >= 0.3 is 0 Å². The van der Waals surface area contributed by atoms with Crippen LogP contribution >= 0.6 is 0 Å². The SMILES string of the molecule is CCCCCCCCCCCCCCCCCC[N+](CCCCCCCCCCCCCCCCCC)(CCCCCCCCCCCCCCCCCC)C(C)(C)CCCCCCCCCCCCCCCCC. The fraction of sp³-hybridized carbons (Fsp3) is 1.00. The van der Waals surface area contributed by atoms with E-state index in [2.05, 4.69) is 41.5 Å². The van der Waals surface area contributed by atoms with Gasteiger partial charge in [0.2, 0.25) is 0 Å². The zero-order valence-corrected chi connectivity index (χ0v) is 54.3. The Bertz CT molecular complexity index is 909. The lowest BCUT2D eigenvalue weighted by Crippen LogP contribution is -2.63. The van der Waals surface area contributed by atoms with E-state index in [9.17, 15) is 0 Å². The lowest BCUT2D eigenvalue weighted by Gasteiger charge is -2.51. The third kappa shape index (κ3) is 54.3. The van der Waals surface area contributed by atoms with E-state index in [0.29, 0.717) is 5.54 Å². The van der Waals surface area contributed by atoms with Gasteiger partial charge in [0, 0.05) is 6.42 Å². The summed E-state index contributed by atoms with van der Waals surface area (Å²) in [5, 5.41) is 0. The van der Waals surface area contributed by atoms with Crippen molar-refractivity contribution in [1.82, 2.24) is 0 Å². The van der Waals surface area contributed by atoms with Crippen LogP contribution in [0.5, 0.6) is 0 Å². The van der Waals surface area contributed by atoms with Crippen molar-refractivity contribution in [3.63, 3.8) is 0 Å². The van der Waals surface area contributed by atoms with E-state index in [0.717, 1.165) is 0 Å². The molecule has 0 aromatic heterocycles. The average Bonchev–Trinajstić information content (AvgIpc) is 3.41. The summed E-state index contributed by atoms with van der Waals surface area (Å²) in [6.45, 7) is 19.2. The van der Waals surface area contributed by atoms with Gasteiger partial charge < -0.3 is 4.48 Å². The molecule has 0 aromatic carbocycles. The average molecular weight is 1060 g/mol. The lowest BCUT2D eigenvalue weighted by atomic mass is 9.88. The zero-order valence-electron chi connectivity index (χ0n) is 54.3. The Morgan fingerprint density at radius 2 is 0.280 bits per heavy atom. The van der Waals surface area contributed by atoms with E-state index < -0.39 is 0 Å². The van der Waals surface area contributed by atoms with Crippen molar-refractivity contribution >= 4 is 0 Å². The van der Waals surface area contributed by atoms with Crippen molar-refractivity contribution in [2.75, 3.05) is 19.6 Å². The van der Waals surface area contributed by atoms with Gasteiger partial charge in [0.1, 0.15) is 0 Å². The Kier molecular flexibility index (Phi) is 63.1. The van der Waals surface area contributed by atoms with Gasteiger partial charge in [-0.1, -0.05) is 387 Å². The molecule has 0 atom stereocenters. The van der Waals surface area contributed by atoms with Gasteiger partial charge in [0.05, 0.1) is 25.2 Å². The van der Waals surface area contributed by atoms with E-state index in [1.54, 1.807) is 0 Å². The van der Waals surface area contributed by atoms with Gasteiger partial charge in [-0.3, -0.25) is 0 Å². The summed E-state index contributed by atoms with van der Waals surface area (Å²) in [6.07, 6.45) is 94.2. The summed E-state index contributed by atoms with van der Waals surface area (Å²) in [5.41, 5.74) is 0.400. The molecule has 1 nitrogen and oxygen atoms in total. The van der Waals surface area contributed by atoms with Crippen molar-refractivity contribution in [2.24, 2.45) is 0 Å². The van der Waals surface area contributed by atoms with Crippen LogP contribution in [0, 0.1) is 0 Å². The van der Waals surface area contributed by atoms with Crippen molar-refractivity contribution < 1.29 is 4.48 Å². The predicted molar refractivity (Wildman–Crippen MR) is 347 cm³/mol. The molecule has 0 rings (SSSR count). The minimum atomic E-state index is 0.400. The monoisotopic (exact) mass is 1060 g/mol. The molecule has 0 fully saturated rings. The maximum atomic E-state index is 2.77. The molecule has 0 bridgehead atoms. The van der Waals surface area contributed by atoms with Crippen LogP contribution in [0.15, 0.2) is 0 Å². The highest BCUT2D eigenvalue weighted by Gasteiger charge is 2.42. The van der Waals surface area contributed by atoms with Crippen LogP contribution < -0.4 is 0 Å². The third-order valence-electron chi connectivity index (χ3n) is 19.0. The standard InChI is InChI=1S/C74H152N/c1-7-11-15-19-23-27-31-35-39-43-47-51-55-59-63-67-71-75(72-68-64-60-56-52-48-44-40-36-32-28-24-20-16-12-8-2,73-69-65-61-57-53-49-45-41-37-33-29-25-21-17-13-9-3)74(5,6)70-66-62-58-54-50-46-42-38-34-30-26-22-18-14-10-4/h7-73H2,1-6H3/q+1. The summed E-state index contributed by atoms with van der Waals surface area (Å²) in [4.78, 5) is 0. The van der Waals surface area contributed by atoms with Crippen LogP contribution in [0.3, 0.4) is 0 Å². The predicted octanol–water partition coefficient (Wildman–Crippen LogP) is 27.6. The summed E-state index contributed by atoms with van der Waals surface area (Å²) < 4.78 is 1.45. The molecule has 0 radical (unpaired) electrons. The molecule has 0 unspecified atom stereocenters. The molecule has 0 amide bonds. The first-order valence-corrected chi connectivity index (χ1v) is 36.9. The van der Waals surface area contributed by atoms with Crippen molar-refractivity contribution in [1.29, 1.82) is 0 Å². The number of hydrogen-bond donors (Lipinski definition) is 0. The van der Waals surface area contributed by atoms with Crippen LogP contribution in [-0.2, 0) is 0 Å². The van der Waals surface area contributed by atoms with Crippen molar-refractivity contribution in [2.45, 2.75) is 458 Å². The highest BCUT2D eigenvalue weighted by Crippen LogP contribution is 2.34. The van der Waals surface area contributed by atoms with E-state index in [1.165, 1.54) is 435 Å². The van der Waals surface area contributed by atoms with E-state index >= 15 is 0 Å². The highest BCUT2D eigenvalue weighted by atomic mass is 15.4. The molecule has 0 aliphatic heterocycles. The molecule has 0 aromatic rings. The van der Waals surface area contributed by atoms with Crippen LogP contribution in [0.4, 0.5) is 0 Å². The first-order chi connectivity index (χ1) is 37.0. The Morgan fingerprint density at radius 3 is 0.427 bits per heavy atom. The van der Waals surface area contributed by atoms with E-state index in [-0.39, 0.29) is 0 Å². The first kappa shape index (κ1) is 75.0. The molecular weight excluding hydrogens is 903 g/mol. The van der Waals surface area contributed by atoms with Gasteiger partial charge in [-0.2, -0.15) is 0 Å². The second-order valence-corrected chi connectivity index (χ2v) is 26.7. The van der Waals surface area contributed by atoms with Gasteiger partial charge in [0.15, 0.2) is 0 Å². The summed E-state index contributed by atoms with van der Waals surface area (Å²) in [5.74, 6) is 0. The molecule has 75 heavy (non-hydrogen) atoms. The molecule has 0 aliphatic carbocycles. The third-order valence-corrected chi connectivity index (χ3v) is 19.0. The molecular formula is C74H152N+. The Morgan fingerprint density at radius 1 is 0.160 bits per heavy atom. The number of quaternary nitrogens is 1. The minimum Gasteiger partial charge on any atom is -0.319 e. The van der Waals surface area contributed by atoms with Gasteiger partial charge in [-0.05, 0) is 58.8 Å². The molecule has 0 aliphatic rings. The van der Waals surface area contributed by atoms with Crippen LogP contribution in [0.1, 0.15) is 452 Å². The summed E-state index contributed by atoms with van der Waals surface area (Å²) >= 11 is 0. The fourth-order valence-corrected chi connectivity index (χ4v) is 13.3. The minimum absolute atomic E-state index is 0.400. The zero-order chi connectivity index (χ0) is 54.4. The van der Waals surface area contributed by atoms with Gasteiger partial charge in [-0.25, -0.2) is 0 Å². The fourth-order valence-electron chi connectivity index (χ4n) is 13.3. The van der Waals surface area contributed by atoms with Crippen molar-refractivity contribution in [3.8, 4) is 0 Å². The van der Waals surface area contributed by atoms with Crippen molar-refractivity contribution in [3.05, 3.63) is 0 Å². The first-order valence-electron chi connectivity index (χ1n) is 36.9. The van der Waals surface area contributed by atoms with Crippen LogP contribution in [0.2, 0.25) is 0 Å². The van der Waals surface area contributed by atoms with Crippen LogP contribution in [0.25, 0.3) is 0 Å². The highest BCUT2D eigenvalue weighted by molar-refractivity contribution is 4.74. The quantitative estimate of drug-likeness (QED) is 0.0421. The summed E-state index contributed by atoms with van der Waals surface area (Å²) in [6, 6.07) is 0. The maximum absolute atomic E-state index is 2.77. The van der Waals surface area contributed by atoms with Crippen LogP contribution in [-0.4, -0.2) is 29.7 Å². The molecule has 0 heterocycles. The molecule has 0 spiro atoms. The molecule has 0 saturated heterocycles. The van der Waals surface area contributed by atoms with Gasteiger partial charge in [-0.15, -0.1) is 0 Å².